The van der Waals surface area contributed by atoms with Gasteiger partial charge in [0.25, 0.3) is 0 Å². The molecule has 0 spiro atoms. The summed E-state index contributed by atoms with van der Waals surface area (Å²) < 4.78 is 0. The molecule has 0 fully saturated rings. The van der Waals surface area contributed by atoms with E-state index >= 15 is 0 Å². The highest BCUT2D eigenvalue weighted by Gasteiger charge is 2.21. The number of rotatable bonds is 3. The maximum Gasteiger partial charge on any atom is 0.0329 e. The maximum absolute atomic E-state index is 5.87. The van der Waals surface area contributed by atoms with E-state index in [9.17, 15) is 0 Å². The van der Waals surface area contributed by atoms with Crippen LogP contribution in [0.15, 0.2) is 48.5 Å². The second kappa shape index (κ2) is 4.83. The van der Waals surface area contributed by atoms with Crippen molar-refractivity contribution in [2.24, 2.45) is 0 Å². The van der Waals surface area contributed by atoms with Gasteiger partial charge in [-0.25, -0.2) is 0 Å². The van der Waals surface area contributed by atoms with Crippen LogP contribution >= 0.6 is 0 Å². The van der Waals surface area contributed by atoms with Crippen LogP contribution in [-0.4, -0.2) is 0 Å². The van der Waals surface area contributed by atoms with E-state index in [0.29, 0.717) is 6.04 Å². The Labute approximate surface area is 108 Å². The van der Waals surface area contributed by atoms with E-state index in [1.165, 1.54) is 23.1 Å². The molecule has 1 aliphatic rings. The van der Waals surface area contributed by atoms with Crippen molar-refractivity contribution in [2.75, 3.05) is 5.73 Å². The molecule has 18 heavy (non-hydrogen) atoms. The Morgan fingerprint density at radius 1 is 1.11 bits per heavy atom. The van der Waals surface area contributed by atoms with Crippen LogP contribution in [0.5, 0.6) is 0 Å². The Balaban J connectivity index is 1.71. The zero-order chi connectivity index (χ0) is 12.4. The number of anilines is 1. The molecular formula is C16H18N2. The monoisotopic (exact) mass is 238 g/mol. The van der Waals surface area contributed by atoms with Crippen LogP contribution in [0.2, 0.25) is 0 Å². The van der Waals surface area contributed by atoms with Crippen molar-refractivity contribution in [3.63, 3.8) is 0 Å². The second-order valence-electron chi connectivity index (χ2n) is 4.92. The minimum absolute atomic E-state index is 0.448. The maximum atomic E-state index is 5.87. The van der Waals surface area contributed by atoms with Gasteiger partial charge < -0.3 is 11.1 Å². The first-order valence-electron chi connectivity index (χ1n) is 6.48. The predicted octanol–water partition coefficient (Wildman–Crippen LogP) is 3.05. The molecular weight excluding hydrogens is 220 g/mol. The summed E-state index contributed by atoms with van der Waals surface area (Å²) in [6.07, 6.45) is 2.33. The first kappa shape index (κ1) is 11.3. The van der Waals surface area contributed by atoms with Gasteiger partial charge in [-0.3, -0.25) is 0 Å². The third kappa shape index (κ3) is 2.24. The molecule has 0 radical (unpaired) electrons. The molecule has 2 aromatic carbocycles. The van der Waals surface area contributed by atoms with E-state index in [0.717, 1.165) is 18.7 Å². The van der Waals surface area contributed by atoms with Gasteiger partial charge >= 0.3 is 0 Å². The van der Waals surface area contributed by atoms with E-state index in [4.69, 9.17) is 5.73 Å². The van der Waals surface area contributed by atoms with Crippen molar-refractivity contribution in [2.45, 2.75) is 25.4 Å². The summed E-state index contributed by atoms with van der Waals surface area (Å²) in [6.45, 7) is 0.916. The first-order chi connectivity index (χ1) is 8.83. The smallest absolute Gasteiger partial charge is 0.0329 e. The summed E-state index contributed by atoms with van der Waals surface area (Å²) in [5.74, 6) is 0. The molecule has 2 heteroatoms. The molecule has 92 valence electrons. The molecule has 0 heterocycles. The number of aryl methyl sites for hydroxylation is 1. The fourth-order valence-corrected chi connectivity index (χ4v) is 2.67. The Hall–Kier alpha value is -1.80. The zero-order valence-corrected chi connectivity index (χ0v) is 10.4. The number of fused-ring (bicyclic) bond motifs is 1. The second-order valence-corrected chi connectivity index (χ2v) is 4.92. The van der Waals surface area contributed by atoms with Crippen molar-refractivity contribution in [3.8, 4) is 0 Å². The van der Waals surface area contributed by atoms with E-state index in [2.05, 4.69) is 47.8 Å². The topological polar surface area (TPSA) is 38.0 Å². The lowest BCUT2D eigenvalue weighted by molar-refractivity contribution is 0.530. The summed E-state index contributed by atoms with van der Waals surface area (Å²) in [6, 6.07) is 17.2. The molecule has 2 nitrogen and oxygen atoms in total. The van der Waals surface area contributed by atoms with Gasteiger partial charge in [0.2, 0.25) is 0 Å². The normalized spacial score (nSPS) is 17.7. The fraction of sp³-hybridized carbons (Fsp3) is 0.250. The summed E-state index contributed by atoms with van der Waals surface area (Å²) in [5.41, 5.74) is 10.9. The van der Waals surface area contributed by atoms with Gasteiger partial charge in [0.1, 0.15) is 0 Å². The Morgan fingerprint density at radius 3 is 2.78 bits per heavy atom. The minimum Gasteiger partial charge on any atom is -0.399 e. The molecule has 0 amide bonds. The number of benzene rings is 2. The molecule has 0 aliphatic heterocycles. The zero-order valence-electron chi connectivity index (χ0n) is 10.4. The third-order valence-electron chi connectivity index (χ3n) is 3.64. The summed E-state index contributed by atoms with van der Waals surface area (Å²) in [5, 5.41) is 3.63. The highest BCUT2D eigenvalue weighted by Crippen LogP contribution is 2.32. The summed E-state index contributed by atoms with van der Waals surface area (Å²) in [4.78, 5) is 0. The molecule has 0 bridgehead atoms. The lowest BCUT2D eigenvalue weighted by atomic mass is 10.1. The molecule has 2 aromatic rings. The van der Waals surface area contributed by atoms with Crippen molar-refractivity contribution in [3.05, 3.63) is 65.2 Å². The molecule has 0 saturated heterocycles. The quantitative estimate of drug-likeness (QED) is 0.807. The number of nitrogen functional groups attached to an aromatic ring is 1. The lowest BCUT2D eigenvalue weighted by Gasteiger charge is -2.14. The molecule has 0 aromatic heterocycles. The van der Waals surface area contributed by atoms with Crippen molar-refractivity contribution < 1.29 is 0 Å². The van der Waals surface area contributed by atoms with Gasteiger partial charge in [-0.1, -0.05) is 36.4 Å². The van der Waals surface area contributed by atoms with E-state index in [-0.39, 0.29) is 0 Å². The van der Waals surface area contributed by atoms with E-state index in [1.54, 1.807) is 0 Å². The van der Waals surface area contributed by atoms with Crippen molar-refractivity contribution >= 4 is 5.69 Å². The molecule has 3 rings (SSSR count). The molecule has 1 aliphatic carbocycles. The number of hydrogen-bond donors (Lipinski definition) is 2. The first-order valence-corrected chi connectivity index (χ1v) is 6.48. The van der Waals surface area contributed by atoms with E-state index in [1.807, 2.05) is 6.07 Å². The highest BCUT2D eigenvalue weighted by molar-refractivity contribution is 5.48. The molecule has 1 unspecified atom stereocenters. The van der Waals surface area contributed by atoms with E-state index < -0.39 is 0 Å². The van der Waals surface area contributed by atoms with Crippen molar-refractivity contribution in [1.29, 1.82) is 0 Å². The number of nitrogens with two attached hydrogens (primary N) is 1. The SMILES string of the molecule is Nc1ccc2c(c1)C(NCc1ccccc1)CC2. The molecule has 0 saturated carbocycles. The number of nitrogens with one attached hydrogen (secondary N) is 1. The average molecular weight is 238 g/mol. The summed E-state index contributed by atoms with van der Waals surface area (Å²) in [7, 11) is 0. The largest absolute Gasteiger partial charge is 0.399 e. The van der Waals surface area contributed by atoms with Crippen LogP contribution < -0.4 is 11.1 Å². The molecule has 1 atom stereocenters. The Bertz CT molecular complexity index is 534. The fourth-order valence-electron chi connectivity index (χ4n) is 2.67. The van der Waals surface area contributed by atoms with Crippen LogP contribution in [0, 0.1) is 0 Å². The number of hydrogen-bond acceptors (Lipinski definition) is 2. The van der Waals surface area contributed by atoms with Crippen molar-refractivity contribution in [1.82, 2.24) is 5.32 Å². The highest BCUT2D eigenvalue weighted by atomic mass is 14.9. The summed E-state index contributed by atoms with van der Waals surface area (Å²) >= 11 is 0. The third-order valence-corrected chi connectivity index (χ3v) is 3.64. The van der Waals surface area contributed by atoms with Crippen LogP contribution in [0.3, 0.4) is 0 Å². The van der Waals surface area contributed by atoms with Gasteiger partial charge in [0.15, 0.2) is 0 Å². The van der Waals surface area contributed by atoms with Crippen LogP contribution in [0.1, 0.15) is 29.2 Å². The van der Waals surface area contributed by atoms with Gasteiger partial charge in [0.05, 0.1) is 0 Å². The van der Waals surface area contributed by atoms with Gasteiger partial charge in [-0.15, -0.1) is 0 Å². The van der Waals surface area contributed by atoms with Crippen LogP contribution in [-0.2, 0) is 13.0 Å². The van der Waals surface area contributed by atoms with Gasteiger partial charge in [-0.05, 0) is 41.7 Å². The molecule has 3 N–H and O–H groups in total. The standard InChI is InChI=1S/C16H18N2/c17-14-8-6-13-7-9-16(15(13)10-14)18-11-12-4-2-1-3-5-12/h1-6,8,10,16,18H,7,9,11,17H2. The Kier molecular flexibility index (Phi) is 3.03. The Morgan fingerprint density at radius 2 is 1.94 bits per heavy atom. The van der Waals surface area contributed by atoms with Gasteiger partial charge in [-0.2, -0.15) is 0 Å². The lowest BCUT2D eigenvalue weighted by Crippen LogP contribution is -2.18. The predicted molar refractivity (Wildman–Crippen MR) is 75.2 cm³/mol. The minimum atomic E-state index is 0.448. The van der Waals surface area contributed by atoms with Crippen LogP contribution in [0.25, 0.3) is 0 Å². The van der Waals surface area contributed by atoms with Crippen LogP contribution in [0.4, 0.5) is 5.69 Å². The van der Waals surface area contributed by atoms with Gasteiger partial charge in [0, 0.05) is 18.3 Å². The average Bonchev–Trinajstić information content (AvgIpc) is 2.80.